The van der Waals surface area contributed by atoms with Crippen molar-refractivity contribution in [2.75, 3.05) is 27.2 Å². The summed E-state index contributed by atoms with van der Waals surface area (Å²) in [4.78, 5) is 12.0. The standard InChI is InChI=1S/C15H23N3O3S.ClH/c1-18(2)22(20,21)14-6-4-3-5-13(14)10-17-15(19)11-16-9-12-7-8-12;/h3-6,12,16H,7-11H2,1-2H3,(H,17,19);1H. The number of amides is 1. The zero-order valence-corrected chi connectivity index (χ0v) is 15.0. The van der Waals surface area contributed by atoms with Gasteiger partial charge in [0, 0.05) is 20.6 Å². The number of benzene rings is 1. The van der Waals surface area contributed by atoms with Gasteiger partial charge in [0.05, 0.1) is 11.4 Å². The quantitative estimate of drug-likeness (QED) is 0.723. The fraction of sp³-hybridized carbons (Fsp3) is 0.533. The molecule has 130 valence electrons. The summed E-state index contributed by atoms with van der Waals surface area (Å²) in [6, 6.07) is 6.72. The number of carbonyl (C=O) groups excluding carboxylic acids is 1. The number of nitrogens with zero attached hydrogens (tertiary/aromatic N) is 1. The zero-order chi connectivity index (χ0) is 16.2. The van der Waals surface area contributed by atoms with Gasteiger partial charge < -0.3 is 10.6 Å². The second-order valence-corrected chi connectivity index (χ2v) is 7.87. The monoisotopic (exact) mass is 361 g/mol. The number of hydrogen-bond acceptors (Lipinski definition) is 4. The Kier molecular flexibility index (Phi) is 7.47. The summed E-state index contributed by atoms with van der Waals surface area (Å²) in [7, 11) is -0.524. The molecule has 1 aliphatic carbocycles. The van der Waals surface area contributed by atoms with Crippen LogP contribution in [0.1, 0.15) is 18.4 Å². The lowest BCUT2D eigenvalue weighted by Gasteiger charge is -2.15. The van der Waals surface area contributed by atoms with Crippen molar-refractivity contribution in [1.82, 2.24) is 14.9 Å². The molecule has 0 atom stereocenters. The lowest BCUT2D eigenvalue weighted by atomic mass is 10.2. The highest BCUT2D eigenvalue weighted by molar-refractivity contribution is 7.89. The van der Waals surface area contributed by atoms with E-state index in [0.717, 1.165) is 12.5 Å². The molecule has 2 rings (SSSR count). The van der Waals surface area contributed by atoms with E-state index in [-0.39, 0.29) is 36.3 Å². The van der Waals surface area contributed by atoms with Gasteiger partial charge in [-0.1, -0.05) is 18.2 Å². The van der Waals surface area contributed by atoms with Crippen molar-refractivity contribution in [3.05, 3.63) is 29.8 Å². The Labute approximate surface area is 144 Å². The molecule has 1 aromatic rings. The second-order valence-electron chi connectivity index (χ2n) is 5.75. The van der Waals surface area contributed by atoms with Gasteiger partial charge in [0.15, 0.2) is 0 Å². The maximum atomic E-state index is 12.3. The number of carbonyl (C=O) groups is 1. The summed E-state index contributed by atoms with van der Waals surface area (Å²) in [5.74, 6) is 0.594. The van der Waals surface area contributed by atoms with Crippen molar-refractivity contribution in [2.45, 2.75) is 24.3 Å². The Balaban J connectivity index is 0.00000264. The predicted octanol–water partition coefficient (Wildman–Crippen LogP) is 0.974. The van der Waals surface area contributed by atoms with Gasteiger partial charge in [0.2, 0.25) is 15.9 Å². The van der Waals surface area contributed by atoms with Crippen LogP contribution in [0.3, 0.4) is 0 Å². The summed E-state index contributed by atoms with van der Waals surface area (Å²) in [6.07, 6.45) is 2.48. The number of nitrogens with one attached hydrogen (secondary N) is 2. The van der Waals surface area contributed by atoms with Gasteiger partial charge in [-0.05, 0) is 36.9 Å². The maximum absolute atomic E-state index is 12.3. The third-order valence-electron chi connectivity index (χ3n) is 3.62. The molecule has 0 spiro atoms. The van der Waals surface area contributed by atoms with Crippen LogP contribution in [0.2, 0.25) is 0 Å². The van der Waals surface area contributed by atoms with E-state index >= 15 is 0 Å². The highest BCUT2D eigenvalue weighted by Gasteiger charge is 2.22. The normalized spacial score (nSPS) is 14.4. The van der Waals surface area contributed by atoms with Gasteiger partial charge in [-0.25, -0.2) is 12.7 Å². The van der Waals surface area contributed by atoms with E-state index in [9.17, 15) is 13.2 Å². The van der Waals surface area contributed by atoms with Crippen LogP contribution in [0.4, 0.5) is 0 Å². The topological polar surface area (TPSA) is 78.5 Å². The molecule has 2 N–H and O–H groups in total. The highest BCUT2D eigenvalue weighted by Crippen LogP contribution is 2.27. The summed E-state index contributed by atoms with van der Waals surface area (Å²) < 4.78 is 25.7. The van der Waals surface area contributed by atoms with E-state index in [1.165, 1.54) is 31.2 Å². The van der Waals surface area contributed by atoms with Crippen molar-refractivity contribution >= 4 is 28.3 Å². The third kappa shape index (κ3) is 5.76. The first kappa shape index (κ1) is 19.9. The summed E-state index contributed by atoms with van der Waals surface area (Å²) in [6.45, 7) is 1.34. The van der Waals surface area contributed by atoms with Gasteiger partial charge in [-0.15, -0.1) is 12.4 Å². The Morgan fingerprint density at radius 2 is 1.91 bits per heavy atom. The number of halogens is 1. The Bertz CT molecular complexity index is 631. The van der Waals surface area contributed by atoms with Crippen molar-refractivity contribution < 1.29 is 13.2 Å². The minimum atomic E-state index is -3.51. The van der Waals surface area contributed by atoms with Crippen molar-refractivity contribution in [3.8, 4) is 0 Å². The molecule has 0 unspecified atom stereocenters. The zero-order valence-electron chi connectivity index (χ0n) is 13.4. The van der Waals surface area contributed by atoms with Crippen LogP contribution >= 0.6 is 12.4 Å². The fourth-order valence-corrected chi connectivity index (χ4v) is 3.18. The van der Waals surface area contributed by atoms with Crippen LogP contribution in [0.25, 0.3) is 0 Å². The first-order valence-corrected chi connectivity index (χ1v) is 8.83. The molecule has 0 bridgehead atoms. The lowest BCUT2D eigenvalue weighted by Crippen LogP contribution is -2.34. The largest absolute Gasteiger partial charge is 0.351 e. The highest BCUT2D eigenvalue weighted by atomic mass is 35.5. The second kappa shape index (κ2) is 8.63. The van der Waals surface area contributed by atoms with Crippen LogP contribution < -0.4 is 10.6 Å². The van der Waals surface area contributed by atoms with Crippen molar-refractivity contribution in [1.29, 1.82) is 0 Å². The summed E-state index contributed by atoms with van der Waals surface area (Å²) in [5.41, 5.74) is 0.590. The van der Waals surface area contributed by atoms with E-state index in [4.69, 9.17) is 0 Å². The maximum Gasteiger partial charge on any atom is 0.242 e. The fourth-order valence-electron chi connectivity index (χ4n) is 2.07. The molecule has 6 nitrogen and oxygen atoms in total. The van der Waals surface area contributed by atoms with Gasteiger partial charge >= 0.3 is 0 Å². The number of rotatable bonds is 8. The number of hydrogen-bond donors (Lipinski definition) is 2. The van der Waals surface area contributed by atoms with Crippen LogP contribution in [0.15, 0.2) is 29.2 Å². The summed E-state index contributed by atoms with van der Waals surface area (Å²) >= 11 is 0. The minimum absolute atomic E-state index is 0. The van der Waals surface area contributed by atoms with E-state index in [1.54, 1.807) is 24.3 Å². The smallest absolute Gasteiger partial charge is 0.242 e. The lowest BCUT2D eigenvalue weighted by molar-refractivity contribution is -0.120. The van der Waals surface area contributed by atoms with Crippen LogP contribution in [-0.2, 0) is 21.4 Å². The molecule has 23 heavy (non-hydrogen) atoms. The van der Waals surface area contributed by atoms with E-state index in [2.05, 4.69) is 10.6 Å². The molecule has 0 heterocycles. The van der Waals surface area contributed by atoms with Gasteiger partial charge in [-0.2, -0.15) is 0 Å². The molecular weight excluding hydrogens is 338 g/mol. The van der Waals surface area contributed by atoms with Gasteiger partial charge in [-0.3, -0.25) is 4.79 Å². The molecule has 0 aromatic heterocycles. The Hall–Kier alpha value is -1.15. The Morgan fingerprint density at radius 1 is 1.26 bits per heavy atom. The van der Waals surface area contributed by atoms with Crippen LogP contribution in [0, 0.1) is 5.92 Å². The molecule has 8 heteroatoms. The minimum Gasteiger partial charge on any atom is -0.351 e. The van der Waals surface area contributed by atoms with E-state index < -0.39 is 10.0 Å². The molecule has 1 amide bonds. The molecule has 1 saturated carbocycles. The first-order valence-electron chi connectivity index (χ1n) is 7.39. The average molecular weight is 362 g/mol. The summed E-state index contributed by atoms with van der Waals surface area (Å²) in [5, 5.41) is 5.87. The van der Waals surface area contributed by atoms with E-state index in [0.29, 0.717) is 5.56 Å². The molecule has 0 saturated heterocycles. The predicted molar refractivity (Wildman–Crippen MR) is 92.0 cm³/mol. The first-order chi connectivity index (χ1) is 10.4. The van der Waals surface area contributed by atoms with Crippen LogP contribution in [-0.4, -0.2) is 45.8 Å². The molecule has 0 aliphatic heterocycles. The van der Waals surface area contributed by atoms with Crippen molar-refractivity contribution in [2.24, 2.45) is 5.92 Å². The molecule has 1 aliphatic rings. The average Bonchev–Trinajstić information content (AvgIpc) is 3.29. The molecule has 1 aromatic carbocycles. The third-order valence-corrected chi connectivity index (χ3v) is 5.54. The van der Waals surface area contributed by atoms with Gasteiger partial charge in [0.1, 0.15) is 0 Å². The molecule has 0 radical (unpaired) electrons. The molecular formula is C15H24ClN3O3S. The van der Waals surface area contributed by atoms with Gasteiger partial charge in [0.25, 0.3) is 0 Å². The SMILES string of the molecule is CN(C)S(=O)(=O)c1ccccc1CNC(=O)CNCC1CC1.Cl. The van der Waals surface area contributed by atoms with Crippen LogP contribution in [0.5, 0.6) is 0 Å². The Morgan fingerprint density at radius 3 is 2.52 bits per heavy atom. The van der Waals surface area contributed by atoms with E-state index in [1.807, 2.05) is 0 Å². The molecule has 1 fully saturated rings. The van der Waals surface area contributed by atoms with Crippen molar-refractivity contribution in [3.63, 3.8) is 0 Å². The number of sulfonamides is 1.